The molecule has 0 radical (unpaired) electrons. The van der Waals surface area contributed by atoms with Crippen LogP contribution in [0.25, 0.3) is 9.81 Å². The largest absolute Gasteiger partial charge is 0.545 e. The predicted octanol–water partition coefficient (Wildman–Crippen LogP) is 16.8. The zero-order valence-corrected chi connectivity index (χ0v) is 41.6. The Labute approximate surface area is 377 Å². The molecule has 4 aromatic carbocycles. The van der Waals surface area contributed by atoms with Gasteiger partial charge in [0.15, 0.2) is 0 Å². The van der Waals surface area contributed by atoms with Gasteiger partial charge in [0.05, 0.1) is 30.3 Å². The molecule has 8 heteroatoms. The molecule has 318 valence electrons. The van der Waals surface area contributed by atoms with Crippen molar-refractivity contribution in [2.75, 3.05) is 14.2 Å². The summed E-state index contributed by atoms with van der Waals surface area (Å²) in [4.78, 5) is 2.78. The van der Waals surface area contributed by atoms with Crippen LogP contribution in [0, 0.1) is 23.2 Å². The molecule has 2 unspecified atom stereocenters. The van der Waals surface area contributed by atoms with E-state index in [1.165, 1.54) is 76.3 Å². The summed E-state index contributed by atoms with van der Waals surface area (Å²) in [6, 6.07) is 41.2. The molecular weight excluding hydrogens is 839 g/mol. The average Bonchev–Trinajstić information content (AvgIpc) is 3.92. The lowest BCUT2D eigenvalue weighted by atomic mass is 9.49. The van der Waals surface area contributed by atoms with E-state index >= 15 is 0 Å². The molecule has 1 saturated heterocycles. The summed E-state index contributed by atoms with van der Waals surface area (Å²) in [6.07, 6.45) is 13.7. The Morgan fingerprint density at radius 3 is 1.28 bits per heavy atom. The lowest BCUT2D eigenvalue weighted by Crippen LogP contribution is -2.53. The van der Waals surface area contributed by atoms with Crippen LogP contribution >= 0.6 is 37.0 Å². The van der Waals surface area contributed by atoms with Crippen molar-refractivity contribution in [3.05, 3.63) is 154 Å². The fraction of sp³-hybridized carbons (Fsp3) is 0.434. The first-order chi connectivity index (χ1) is 29.5. The molecule has 11 rings (SSSR count). The molecule has 4 saturated carbocycles. The van der Waals surface area contributed by atoms with Gasteiger partial charge in [-0.15, -0.1) is 0 Å². The highest BCUT2D eigenvalue weighted by Crippen LogP contribution is 3.03. The second-order valence-corrected chi connectivity index (χ2v) is 33.5. The van der Waals surface area contributed by atoms with Crippen LogP contribution in [0.5, 0.6) is 11.5 Å². The minimum atomic E-state index is -2.41. The summed E-state index contributed by atoms with van der Waals surface area (Å²) >= 11 is 4.41. The zero-order valence-electron chi connectivity index (χ0n) is 37.2. The third kappa shape index (κ3) is 6.49. The Bertz CT molecular complexity index is 2180. The quantitative estimate of drug-likeness (QED) is 0.0802. The number of hydrogen-bond acceptors (Lipinski definition) is 5. The van der Waals surface area contributed by atoms with Crippen LogP contribution in [0.4, 0.5) is 0 Å². The molecule has 4 aliphatic carbocycles. The van der Waals surface area contributed by atoms with E-state index in [1.54, 1.807) is 19.3 Å². The van der Waals surface area contributed by atoms with Crippen LogP contribution in [0.3, 0.4) is 0 Å². The molecule has 4 atom stereocenters. The number of rotatable bonds is 12. The molecule has 0 aromatic heterocycles. The minimum Gasteiger partial charge on any atom is -0.545 e. The van der Waals surface area contributed by atoms with E-state index in [9.17, 15) is 0 Å². The van der Waals surface area contributed by atoms with E-state index in [1.807, 2.05) is 0 Å². The zero-order chi connectivity index (χ0) is 42.3. The first kappa shape index (κ1) is 42.2. The maximum absolute atomic E-state index is 8.66. The lowest BCUT2D eigenvalue weighted by molar-refractivity contribution is -0.0493. The predicted molar refractivity (Wildman–Crippen MR) is 267 cm³/mol. The molecule has 4 bridgehead atoms. The summed E-state index contributed by atoms with van der Waals surface area (Å²) in [5.41, 5.74) is 6.99. The summed E-state index contributed by atoms with van der Waals surface area (Å²) in [6.45, 7) is 15.0. The Balaban J connectivity index is 1.33. The maximum Gasteiger partial charge on any atom is 0.258 e. The van der Waals surface area contributed by atoms with Gasteiger partial charge in [-0.25, -0.2) is 0 Å². The lowest BCUT2D eigenvalue weighted by Gasteiger charge is -2.59. The minimum absolute atomic E-state index is 0.0910. The number of benzene rings is 4. The highest BCUT2D eigenvalue weighted by atomic mass is 32.7. The summed E-state index contributed by atoms with van der Waals surface area (Å²) in [7, 11) is -0.632. The van der Waals surface area contributed by atoms with E-state index in [-0.39, 0.29) is 15.7 Å². The molecule has 61 heavy (non-hydrogen) atoms. The van der Waals surface area contributed by atoms with E-state index in [0.717, 1.165) is 29.3 Å². The van der Waals surface area contributed by atoms with Gasteiger partial charge >= 0.3 is 0 Å². The third-order valence-electron chi connectivity index (χ3n) is 15.6. The highest BCUT2D eigenvalue weighted by Gasteiger charge is 2.73. The molecule has 4 aromatic rings. The number of hydrogen-bond donors (Lipinski definition) is 0. The number of ether oxygens (including phenoxy) is 2. The van der Waals surface area contributed by atoms with Crippen molar-refractivity contribution in [2.24, 2.45) is 23.2 Å². The van der Waals surface area contributed by atoms with Gasteiger partial charge in [-0.05, 0) is 119 Å². The van der Waals surface area contributed by atoms with Crippen molar-refractivity contribution in [2.45, 2.75) is 107 Å². The van der Waals surface area contributed by atoms with Crippen molar-refractivity contribution in [1.29, 1.82) is 0 Å². The highest BCUT2D eigenvalue weighted by molar-refractivity contribution is 8.70. The topological polar surface area (TPSA) is 27.7 Å². The van der Waals surface area contributed by atoms with Crippen molar-refractivity contribution < 1.29 is 13.9 Å². The second-order valence-electron chi connectivity index (χ2n) is 19.8. The normalized spacial score (nSPS) is 31.1. The number of fused-ring (bicyclic) bond motifs is 3. The molecule has 0 N–H and O–H groups in total. The van der Waals surface area contributed by atoms with Crippen LogP contribution in [0.15, 0.2) is 132 Å². The first-order valence-corrected chi connectivity index (χ1v) is 30.4. The van der Waals surface area contributed by atoms with E-state index in [0.29, 0.717) is 16.6 Å². The van der Waals surface area contributed by atoms with Gasteiger partial charge in [0.2, 0.25) is 0 Å². The van der Waals surface area contributed by atoms with E-state index < -0.39 is 22.6 Å². The first-order valence-electron chi connectivity index (χ1n) is 22.7. The Kier molecular flexibility index (Phi) is 11.1. The summed E-state index contributed by atoms with van der Waals surface area (Å²) in [5.74, 6) is 5.74. The summed E-state index contributed by atoms with van der Waals surface area (Å²) in [5, 5.41) is 1.09. The van der Waals surface area contributed by atoms with Crippen LogP contribution in [0.2, 0.25) is 16.6 Å². The number of methoxy groups -OCH3 is 2. The van der Waals surface area contributed by atoms with Crippen molar-refractivity contribution in [3.63, 3.8) is 0 Å². The van der Waals surface area contributed by atoms with Crippen LogP contribution in [-0.2, 0) is 14.7 Å². The van der Waals surface area contributed by atoms with Gasteiger partial charge in [-0.3, -0.25) is 0 Å². The third-order valence-corrected chi connectivity index (χ3v) is 34.2. The molecule has 0 spiro atoms. The van der Waals surface area contributed by atoms with Crippen molar-refractivity contribution >= 4 is 55.1 Å². The monoisotopic (exact) mass is 900 g/mol. The molecule has 0 amide bonds. The van der Waals surface area contributed by atoms with E-state index in [4.69, 9.17) is 13.9 Å². The molecule has 3 aliphatic heterocycles. The smallest absolute Gasteiger partial charge is 0.258 e. The van der Waals surface area contributed by atoms with Crippen LogP contribution in [0.1, 0.15) is 102 Å². The van der Waals surface area contributed by atoms with Crippen LogP contribution in [-0.4, -0.2) is 22.5 Å². The van der Waals surface area contributed by atoms with Gasteiger partial charge in [-0.2, -0.15) is 0 Å². The van der Waals surface area contributed by atoms with Gasteiger partial charge in [-0.1, -0.05) is 161 Å². The van der Waals surface area contributed by atoms with E-state index in [2.05, 4.69) is 186 Å². The molecular formula is C53H62O3P2S2Si. The molecule has 3 heterocycles. The maximum atomic E-state index is 8.66. The number of allylic oxidation sites excluding steroid dienone is 3. The SMILES string of the molecule is COc1ccc(C2=C[C@]3(c4ccccc4)P(S2)C(=C(O[Si](C(C)C)(C(C)C)C(C)C)C24CC5CC(CC(C5)C2)C4)P2SC(c4ccc(OC)cc4)=C[C@]23c2ccccc2)cc1. The standard InChI is InChI=1S/C53H62O3P2S2Si/c1-35(2)61(36(3)4,37(5)6)56-49(51-30-38-27-39(31-51)29-40(28-38)32-51)50-57-52(43-15-11-9-12-16-43,33-47(59-57)41-19-23-45(54-7)24-20-41)53(44-17-13-10-14-18-44)34-48(60-58(50)53)42-21-25-46(55-8)26-22-42/h9-26,33-40H,27-32H2,1-8H3/t38?,39?,40?,51?,52-,53-,57?,58?/m1/s1. The second kappa shape index (κ2) is 16.1. The Hall–Kier alpha value is -2.72. The van der Waals surface area contributed by atoms with Gasteiger partial charge in [0.25, 0.3) is 8.32 Å². The van der Waals surface area contributed by atoms with Gasteiger partial charge < -0.3 is 13.9 Å². The van der Waals surface area contributed by atoms with Crippen molar-refractivity contribution in [1.82, 2.24) is 0 Å². The Morgan fingerprint density at radius 1 is 0.557 bits per heavy atom. The van der Waals surface area contributed by atoms with Gasteiger partial charge in [0.1, 0.15) is 11.5 Å². The molecule has 3 nitrogen and oxygen atoms in total. The Morgan fingerprint density at radius 2 is 0.934 bits per heavy atom. The summed E-state index contributed by atoms with van der Waals surface area (Å²) < 4.78 is 20.1. The molecule has 5 fully saturated rings. The molecule has 7 aliphatic rings. The fourth-order valence-corrected chi connectivity index (χ4v) is 35.9. The average molecular weight is 901 g/mol. The van der Waals surface area contributed by atoms with Gasteiger partial charge in [0, 0.05) is 34.5 Å². The van der Waals surface area contributed by atoms with Crippen molar-refractivity contribution in [3.8, 4) is 11.5 Å². The fourth-order valence-electron chi connectivity index (χ4n) is 13.4. The van der Waals surface area contributed by atoms with Crippen LogP contribution < -0.4 is 9.47 Å².